The summed E-state index contributed by atoms with van der Waals surface area (Å²) in [5, 5.41) is 9.03. The monoisotopic (exact) mass is 221 g/mol. The van der Waals surface area contributed by atoms with Crippen molar-refractivity contribution < 1.29 is 13.9 Å². The lowest BCUT2D eigenvalue weighted by atomic mass is 10.1. The molecule has 0 aromatic heterocycles. The standard InChI is InChI=1S/C9H15F2NO.C2H6/c10-9(11)3-4-12(6-9)5-8(7-13)1-2-8;1-2/h13H,1-7H2;1-2H3. The molecule has 2 nitrogen and oxygen atoms in total. The largest absolute Gasteiger partial charge is 0.396 e. The maximum absolute atomic E-state index is 12.8. The minimum Gasteiger partial charge on any atom is -0.396 e. The molecule has 1 N–H and O–H groups in total. The van der Waals surface area contributed by atoms with E-state index in [-0.39, 0.29) is 25.0 Å². The van der Waals surface area contributed by atoms with Crippen LogP contribution in [0.2, 0.25) is 0 Å². The molecule has 2 rings (SSSR count). The van der Waals surface area contributed by atoms with Gasteiger partial charge < -0.3 is 5.11 Å². The zero-order valence-corrected chi connectivity index (χ0v) is 9.60. The molecule has 0 unspecified atom stereocenters. The molecule has 4 heteroatoms. The van der Waals surface area contributed by atoms with Crippen molar-refractivity contribution in [3.63, 3.8) is 0 Å². The number of halogens is 2. The number of alkyl halides is 2. The smallest absolute Gasteiger partial charge is 0.261 e. The average molecular weight is 221 g/mol. The Morgan fingerprint density at radius 3 is 2.13 bits per heavy atom. The van der Waals surface area contributed by atoms with Crippen molar-refractivity contribution in [1.82, 2.24) is 4.90 Å². The fourth-order valence-corrected chi connectivity index (χ4v) is 1.96. The van der Waals surface area contributed by atoms with E-state index in [1.54, 1.807) is 4.90 Å². The Morgan fingerprint density at radius 2 is 1.80 bits per heavy atom. The molecule has 1 aliphatic carbocycles. The van der Waals surface area contributed by atoms with Gasteiger partial charge in [0.05, 0.1) is 6.54 Å². The van der Waals surface area contributed by atoms with E-state index >= 15 is 0 Å². The highest BCUT2D eigenvalue weighted by Crippen LogP contribution is 2.46. The summed E-state index contributed by atoms with van der Waals surface area (Å²) in [6.45, 7) is 5.16. The van der Waals surface area contributed by atoms with E-state index in [2.05, 4.69) is 0 Å². The van der Waals surface area contributed by atoms with Crippen LogP contribution in [0.15, 0.2) is 0 Å². The first-order chi connectivity index (χ1) is 7.05. The van der Waals surface area contributed by atoms with Crippen LogP contribution in [0, 0.1) is 5.41 Å². The third-order valence-corrected chi connectivity index (χ3v) is 3.10. The Labute approximate surface area is 90.3 Å². The lowest BCUT2D eigenvalue weighted by molar-refractivity contribution is 0.00910. The van der Waals surface area contributed by atoms with Gasteiger partial charge in [-0.1, -0.05) is 13.8 Å². The van der Waals surface area contributed by atoms with Gasteiger partial charge in [0.1, 0.15) is 0 Å². The summed E-state index contributed by atoms with van der Waals surface area (Å²) in [6.07, 6.45) is 1.96. The Balaban J connectivity index is 0.000000531. The lowest BCUT2D eigenvalue weighted by Crippen LogP contribution is -2.32. The van der Waals surface area contributed by atoms with Crippen molar-refractivity contribution in [2.75, 3.05) is 26.2 Å². The SMILES string of the molecule is CC.OCC1(CN2CCC(F)(F)C2)CC1. The number of nitrogens with zero attached hydrogens (tertiary/aromatic N) is 1. The molecule has 2 aliphatic rings. The molecule has 0 aromatic rings. The summed E-state index contributed by atoms with van der Waals surface area (Å²) >= 11 is 0. The fraction of sp³-hybridized carbons (Fsp3) is 1.00. The summed E-state index contributed by atoms with van der Waals surface area (Å²) in [5.74, 6) is -2.49. The van der Waals surface area contributed by atoms with Gasteiger partial charge in [-0.2, -0.15) is 0 Å². The van der Waals surface area contributed by atoms with Crippen molar-refractivity contribution in [3.05, 3.63) is 0 Å². The van der Waals surface area contributed by atoms with Gasteiger partial charge in [0, 0.05) is 31.5 Å². The van der Waals surface area contributed by atoms with E-state index in [9.17, 15) is 8.78 Å². The summed E-state index contributed by atoms with van der Waals surface area (Å²) < 4.78 is 25.6. The molecular weight excluding hydrogens is 200 g/mol. The van der Waals surface area contributed by atoms with Gasteiger partial charge >= 0.3 is 0 Å². The molecule has 0 spiro atoms. The molecule has 90 valence electrons. The highest BCUT2D eigenvalue weighted by Gasteiger charge is 2.47. The molecule has 1 heterocycles. The van der Waals surface area contributed by atoms with Gasteiger partial charge in [0.15, 0.2) is 0 Å². The molecule has 0 radical (unpaired) electrons. The number of hydrogen-bond donors (Lipinski definition) is 1. The summed E-state index contributed by atoms with van der Waals surface area (Å²) in [4.78, 5) is 1.78. The minimum atomic E-state index is -2.49. The topological polar surface area (TPSA) is 23.5 Å². The average Bonchev–Trinajstić information content (AvgIpc) is 2.90. The second-order valence-corrected chi connectivity index (χ2v) is 4.47. The molecular formula is C11H21F2NO. The number of aliphatic hydroxyl groups is 1. The van der Waals surface area contributed by atoms with Crippen molar-refractivity contribution in [3.8, 4) is 0 Å². The van der Waals surface area contributed by atoms with E-state index in [0.29, 0.717) is 13.1 Å². The van der Waals surface area contributed by atoms with Crippen molar-refractivity contribution in [2.24, 2.45) is 5.41 Å². The van der Waals surface area contributed by atoms with E-state index in [4.69, 9.17) is 5.11 Å². The van der Waals surface area contributed by atoms with Crippen LogP contribution in [0.5, 0.6) is 0 Å². The molecule has 15 heavy (non-hydrogen) atoms. The van der Waals surface area contributed by atoms with Crippen LogP contribution in [-0.2, 0) is 0 Å². The highest BCUT2D eigenvalue weighted by atomic mass is 19.3. The third-order valence-electron chi connectivity index (χ3n) is 3.10. The Kier molecular flexibility index (Phi) is 4.06. The van der Waals surface area contributed by atoms with Gasteiger partial charge in [-0.05, 0) is 12.8 Å². The minimum absolute atomic E-state index is 0.0193. The Bertz CT molecular complexity index is 205. The molecule has 2 fully saturated rings. The van der Waals surface area contributed by atoms with Crippen molar-refractivity contribution in [1.29, 1.82) is 0 Å². The Hall–Kier alpha value is -0.220. The summed E-state index contributed by atoms with van der Waals surface area (Å²) in [5.41, 5.74) is -0.0274. The highest BCUT2D eigenvalue weighted by molar-refractivity contribution is 4.97. The lowest BCUT2D eigenvalue weighted by Gasteiger charge is -2.21. The quantitative estimate of drug-likeness (QED) is 0.789. The first kappa shape index (κ1) is 12.8. The first-order valence-corrected chi connectivity index (χ1v) is 5.76. The van der Waals surface area contributed by atoms with Gasteiger partial charge in [-0.3, -0.25) is 4.90 Å². The summed E-state index contributed by atoms with van der Waals surface area (Å²) in [7, 11) is 0. The molecule has 1 saturated carbocycles. The van der Waals surface area contributed by atoms with Crippen LogP contribution in [0.4, 0.5) is 8.78 Å². The zero-order chi connectivity index (χ0) is 11.5. The fourth-order valence-electron chi connectivity index (χ4n) is 1.96. The number of rotatable bonds is 3. The third kappa shape index (κ3) is 3.38. The van der Waals surface area contributed by atoms with E-state index in [0.717, 1.165) is 12.8 Å². The number of aliphatic hydroxyl groups excluding tert-OH is 1. The van der Waals surface area contributed by atoms with E-state index < -0.39 is 5.92 Å². The predicted molar refractivity (Wildman–Crippen MR) is 56.1 cm³/mol. The first-order valence-electron chi connectivity index (χ1n) is 5.76. The van der Waals surface area contributed by atoms with Crippen molar-refractivity contribution >= 4 is 0 Å². The predicted octanol–water partition coefficient (Wildman–Crippen LogP) is 2.13. The zero-order valence-electron chi connectivity index (χ0n) is 9.60. The molecule has 1 saturated heterocycles. The number of likely N-dealkylation sites (tertiary alicyclic amines) is 1. The van der Waals surface area contributed by atoms with Gasteiger partial charge in [-0.25, -0.2) is 8.78 Å². The molecule has 0 bridgehead atoms. The van der Waals surface area contributed by atoms with Crippen LogP contribution in [0.3, 0.4) is 0 Å². The molecule has 0 aromatic carbocycles. The van der Waals surface area contributed by atoms with Crippen LogP contribution in [0.1, 0.15) is 33.1 Å². The summed E-state index contributed by atoms with van der Waals surface area (Å²) in [6, 6.07) is 0. The maximum Gasteiger partial charge on any atom is 0.261 e. The molecule has 0 atom stereocenters. The van der Waals surface area contributed by atoms with Crippen LogP contribution < -0.4 is 0 Å². The maximum atomic E-state index is 12.8. The van der Waals surface area contributed by atoms with Crippen LogP contribution in [-0.4, -0.2) is 42.2 Å². The molecule has 1 aliphatic heterocycles. The number of hydrogen-bond acceptors (Lipinski definition) is 2. The second kappa shape index (κ2) is 4.74. The van der Waals surface area contributed by atoms with E-state index in [1.807, 2.05) is 13.8 Å². The second-order valence-electron chi connectivity index (χ2n) is 4.47. The van der Waals surface area contributed by atoms with Gasteiger partial charge in [0.25, 0.3) is 5.92 Å². The van der Waals surface area contributed by atoms with Crippen molar-refractivity contribution in [2.45, 2.75) is 39.0 Å². The van der Waals surface area contributed by atoms with Crippen LogP contribution in [0.25, 0.3) is 0 Å². The van der Waals surface area contributed by atoms with Gasteiger partial charge in [-0.15, -0.1) is 0 Å². The normalized spacial score (nSPS) is 27.0. The van der Waals surface area contributed by atoms with Gasteiger partial charge in [0.2, 0.25) is 0 Å². The van der Waals surface area contributed by atoms with E-state index in [1.165, 1.54) is 0 Å². The Morgan fingerprint density at radius 1 is 1.20 bits per heavy atom. The van der Waals surface area contributed by atoms with Crippen LogP contribution >= 0.6 is 0 Å². The molecule has 0 amide bonds.